The molecule has 1 unspecified atom stereocenters. The summed E-state index contributed by atoms with van der Waals surface area (Å²) in [5, 5.41) is 13.1. The van der Waals surface area contributed by atoms with Gasteiger partial charge in [0.15, 0.2) is 6.23 Å². The van der Waals surface area contributed by atoms with E-state index in [0.717, 1.165) is 59.3 Å². The van der Waals surface area contributed by atoms with Crippen molar-refractivity contribution in [1.29, 1.82) is 5.41 Å². The summed E-state index contributed by atoms with van der Waals surface area (Å²) >= 11 is 0. The van der Waals surface area contributed by atoms with Gasteiger partial charge in [-0.25, -0.2) is 4.79 Å². The maximum absolute atomic E-state index is 11.9. The number of rotatable bonds is 11. The molecule has 244 valence electrons. The molecule has 0 spiro atoms. The van der Waals surface area contributed by atoms with Crippen molar-refractivity contribution >= 4 is 30.7 Å². The first kappa shape index (κ1) is 34.7. The SMILES string of the molecule is CC/C(B1OC(C)(C)C(C)(C)O1)=C(/c1ccc(OCCNC(=O)OC(C)(C)C)cc1)c1ccc([NH2+]C2CCCCO2)c(C=N)c1. The van der Waals surface area contributed by atoms with Crippen molar-refractivity contribution in [2.24, 2.45) is 0 Å². The Morgan fingerprint density at radius 2 is 1.73 bits per heavy atom. The Morgan fingerprint density at radius 1 is 1.07 bits per heavy atom. The van der Waals surface area contributed by atoms with E-state index < -0.39 is 30.0 Å². The molecule has 1 amide bonds. The largest absolute Gasteiger partial charge is 0.492 e. The van der Waals surface area contributed by atoms with Gasteiger partial charge in [0.25, 0.3) is 0 Å². The van der Waals surface area contributed by atoms with E-state index in [0.29, 0.717) is 25.3 Å². The molecule has 2 saturated heterocycles. The summed E-state index contributed by atoms with van der Waals surface area (Å²) < 4.78 is 30.2. The number of alkyl carbamates (subject to hydrolysis) is 1. The van der Waals surface area contributed by atoms with Crippen molar-refractivity contribution < 1.29 is 33.6 Å². The summed E-state index contributed by atoms with van der Waals surface area (Å²) in [6.07, 6.45) is 4.98. The second kappa shape index (κ2) is 14.5. The monoisotopic (exact) mass is 620 g/mol. The molecular formula is C35H51BN3O6+. The van der Waals surface area contributed by atoms with E-state index in [9.17, 15) is 4.79 Å². The lowest BCUT2D eigenvalue weighted by atomic mass is 9.70. The number of quaternary nitrogens is 1. The van der Waals surface area contributed by atoms with Crippen LogP contribution in [-0.2, 0) is 18.8 Å². The van der Waals surface area contributed by atoms with Gasteiger partial charge in [-0.2, -0.15) is 0 Å². The van der Waals surface area contributed by atoms with Gasteiger partial charge in [-0.1, -0.05) is 19.1 Å². The van der Waals surface area contributed by atoms with E-state index >= 15 is 0 Å². The van der Waals surface area contributed by atoms with Crippen LogP contribution in [0.2, 0.25) is 0 Å². The highest BCUT2D eigenvalue weighted by Gasteiger charge is 2.52. The summed E-state index contributed by atoms with van der Waals surface area (Å²) in [5.41, 5.74) is 4.34. The lowest BCUT2D eigenvalue weighted by Crippen LogP contribution is -2.86. The molecule has 2 aromatic carbocycles. The molecule has 0 saturated carbocycles. The third-order valence-electron chi connectivity index (χ3n) is 8.53. The van der Waals surface area contributed by atoms with Gasteiger partial charge < -0.3 is 34.2 Å². The average Bonchev–Trinajstić information content (AvgIpc) is 3.20. The smallest absolute Gasteiger partial charge is 0.491 e. The maximum Gasteiger partial charge on any atom is 0.491 e. The number of nitrogens with two attached hydrogens (primary N) is 1. The Labute approximate surface area is 269 Å². The topological polar surface area (TPSA) is 116 Å². The fourth-order valence-electron chi connectivity index (χ4n) is 5.44. The zero-order chi connectivity index (χ0) is 32.8. The minimum Gasteiger partial charge on any atom is -0.492 e. The van der Waals surface area contributed by atoms with Crippen LogP contribution in [0.1, 0.15) is 97.8 Å². The standard InChI is InChI=1S/C35H50BN3O6/c1-9-28(36-44-34(5,6)35(7,8)45-36)31(25-15-18-29(26(22-25)23-37)39-30-12-10-11-20-42-30)24-13-16-27(17-14-24)41-21-19-38-32(40)43-33(2,3)4/h13-18,22-23,30,37,39H,9-12,19-21H2,1-8H3,(H,38,40)/p+1/b31-28+,37-23?. The highest BCUT2D eigenvalue weighted by Crippen LogP contribution is 2.42. The molecule has 0 radical (unpaired) electrons. The van der Waals surface area contributed by atoms with E-state index in [2.05, 4.69) is 63.5 Å². The molecular weight excluding hydrogens is 569 g/mol. The molecule has 1 atom stereocenters. The lowest BCUT2D eigenvalue weighted by Gasteiger charge is -2.32. The third-order valence-corrected chi connectivity index (χ3v) is 8.53. The first-order chi connectivity index (χ1) is 21.2. The zero-order valence-electron chi connectivity index (χ0n) is 28.3. The molecule has 2 aromatic rings. The molecule has 4 N–H and O–H groups in total. The molecule has 4 rings (SSSR count). The number of hydrogen-bond acceptors (Lipinski definition) is 7. The van der Waals surface area contributed by atoms with E-state index in [4.69, 9.17) is 28.9 Å². The lowest BCUT2D eigenvalue weighted by molar-refractivity contribution is -0.660. The van der Waals surface area contributed by atoms with Crippen molar-refractivity contribution in [3.8, 4) is 5.75 Å². The van der Waals surface area contributed by atoms with Crippen LogP contribution in [0, 0.1) is 5.41 Å². The molecule has 0 aliphatic carbocycles. The van der Waals surface area contributed by atoms with Crippen LogP contribution < -0.4 is 15.4 Å². The van der Waals surface area contributed by atoms with Gasteiger partial charge in [0.05, 0.1) is 29.9 Å². The molecule has 2 aliphatic heterocycles. The Balaban J connectivity index is 1.62. The number of carbonyl (C=O) groups excluding carboxylic acids is 1. The van der Waals surface area contributed by atoms with Gasteiger partial charge in [0, 0.05) is 18.7 Å². The van der Waals surface area contributed by atoms with Gasteiger partial charge >= 0.3 is 13.2 Å². The van der Waals surface area contributed by atoms with Crippen molar-refractivity contribution in [3.63, 3.8) is 0 Å². The van der Waals surface area contributed by atoms with Crippen LogP contribution in [0.3, 0.4) is 0 Å². The fourth-order valence-corrected chi connectivity index (χ4v) is 5.44. The van der Waals surface area contributed by atoms with Crippen LogP contribution in [0.15, 0.2) is 47.9 Å². The van der Waals surface area contributed by atoms with Crippen molar-refractivity contribution in [2.75, 3.05) is 19.8 Å². The maximum atomic E-state index is 11.9. The normalized spacial score (nSPS) is 19.9. The van der Waals surface area contributed by atoms with E-state index in [1.165, 1.54) is 6.21 Å². The second-order valence-electron chi connectivity index (χ2n) is 13.7. The molecule has 10 heteroatoms. The van der Waals surface area contributed by atoms with Crippen LogP contribution in [0.25, 0.3) is 5.57 Å². The summed E-state index contributed by atoms with van der Waals surface area (Å²) in [7, 11) is -0.518. The number of amides is 1. The van der Waals surface area contributed by atoms with E-state index in [1.54, 1.807) is 0 Å². The van der Waals surface area contributed by atoms with Crippen LogP contribution in [-0.4, -0.2) is 62.2 Å². The quantitative estimate of drug-likeness (QED) is 0.120. The van der Waals surface area contributed by atoms with Crippen LogP contribution in [0.4, 0.5) is 10.5 Å². The predicted octanol–water partition coefficient (Wildman–Crippen LogP) is 6.15. The average molecular weight is 621 g/mol. The van der Waals surface area contributed by atoms with Crippen LogP contribution >= 0.6 is 0 Å². The molecule has 2 heterocycles. The van der Waals surface area contributed by atoms with Gasteiger partial charge in [-0.3, -0.25) is 5.32 Å². The predicted molar refractivity (Wildman–Crippen MR) is 178 cm³/mol. The summed E-state index contributed by atoms with van der Waals surface area (Å²) in [6, 6.07) is 14.2. The van der Waals surface area contributed by atoms with E-state index in [1.807, 2.05) is 45.0 Å². The van der Waals surface area contributed by atoms with Crippen LogP contribution in [0.5, 0.6) is 5.75 Å². The van der Waals surface area contributed by atoms with Crippen molar-refractivity contribution in [2.45, 2.75) is 104 Å². The number of carbonyl (C=O) groups is 1. The molecule has 0 aromatic heterocycles. The molecule has 9 nitrogen and oxygen atoms in total. The zero-order valence-corrected chi connectivity index (χ0v) is 28.3. The third kappa shape index (κ3) is 8.97. The minimum absolute atomic E-state index is 0.0705. The number of allylic oxidation sites excluding steroid dienone is 1. The summed E-state index contributed by atoms with van der Waals surface area (Å²) in [4.78, 5) is 11.9. The van der Waals surface area contributed by atoms with E-state index in [-0.39, 0.29) is 6.23 Å². The number of hydrogen-bond donors (Lipinski definition) is 3. The van der Waals surface area contributed by atoms with Gasteiger partial charge in [0.1, 0.15) is 23.6 Å². The Hall–Kier alpha value is -3.18. The first-order valence-electron chi connectivity index (χ1n) is 16.1. The van der Waals surface area contributed by atoms with Crippen molar-refractivity contribution in [1.82, 2.24) is 5.32 Å². The summed E-state index contributed by atoms with van der Waals surface area (Å²) in [6.45, 7) is 17.3. The van der Waals surface area contributed by atoms with Gasteiger partial charge in [0.2, 0.25) is 0 Å². The molecule has 2 aliphatic rings. The van der Waals surface area contributed by atoms with Crippen molar-refractivity contribution in [3.05, 3.63) is 64.6 Å². The highest BCUT2D eigenvalue weighted by atomic mass is 16.7. The Kier molecular flexibility index (Phi) is 11.2. The first-order valence-corrected chi connectivity index (χ1v) is 16.1. The Morgan fingerprint density at radius 3 is 2.31 bits per heavy atom. The minimum atomic E-state index is -0.550. The number of nitrogens with one attached hydrogen (secondary N) is 2. The Bertz CT molecular complexity index is 1340. The van der Waals surface area contributed by atoms with Gasteiger partial charge in [-0.05, 0) is 114 Å². The highest BCUT2D eigenvalue weighted by molar-refractivity contribution is 6.56. The molecule has 45 heavy (non-hydrogen) atoms. The second-order valence-corrected chi connectivity index (χ2v) is 13.7. The fraction of sp³-hybridized carbons (Fsp3) is 0.543. The van der Waals surface area contributed by atoms with Gasteiger partial charge in [-0.15, -0.1) is 0 Å². The summed E-state index contributed by atoms with van der Waals surface area (Å²) in [5.74, 6) is 0.690. The molecule has 0 bridgehead atoms. The number of benzene rings is 2. The molecule has 2 fully saturated rings. The number of ether oxygens (including phenoxy) is 3.